The lowest BCUT2D eigenvalue weighted by molar-refractivity contribution is -0.117. The first-order valence-corrected chi connectivity index (χ1v) is 9.63. The Balaban J connectivity index is 1.88. The van der Waals surface area contributed by atoms with E-state index in [9.17, 15) is 18.4 Å². The van der Waals surface area contributed by atoms with Crippen molar-refractivity contribution in [3.63, 3.8) is 0 Å². The molecule has 0 fully saturated rings. The highest BCUT2D eigenvalue weighted by molar-refractivity contribution is 9.10. The van der Waals surface area contributed by atoms with E-state index in [0.29, 0.717) is 22.4 Å². The van der Waals surface area contributed by atoms with Crippen LogP contribution >= 0.6 is 15.9 Å². The van der Waals surface area contributed by atoms with Gasteiger partial charge in [-0.05, 0) is 60.2 Å². The molecule has 0 aliphatic carbocycles. The average molecular weight is 457 g/mol. The summed E-state index contributed by atoms with van der Waals surface area (Å²) in [6, 6.07) is 15.6. The van der Waals surface area contributed by atoms with Crippen LogP contribution in [-0.4, -0.2) is 23.3 Å². The van der Waals surface area contributed by atoms with Gasteiger partial charge >= 0.3 is 0 Å². The van der Waals surface area contributed by atoms with Gasteiger partial charge in [-0.3, -0.25) is 9.59 Å². The molecule has 0 saturated carbocycles. The number of fused-ring (bicyclic) bond motifs is 1. The first-order valence-electron chi connectivity index (χ1n) is 8.83. The van der Waals surface area contributed by atoms with E-state index in [0.717, 1.165) is 4.47 Å². The molecular formula is C22H15BrF2N2O2. The third-order valence-electron chi connectivity index (χ3n) is 4.75. The van der Waals surface area contributed by atoms with E-state index in [1.54, 1.807) is 24.3 Å². The number of carbonyl (C=O) groups is 2. The minimum Gasteiger partial charge on any atom is -0.324 e. The number of carbonyl (C=O) groups excluding carboxylic acids is 2. The summed E-state index contributed by atoms with van der Waals surface area (Å²) in [5.41, 5.74) is 1.79. The van der Waals surface area contributed by atoms with Gasteiger partial charge in [0.15, 0.2) is 0 Å². The smallest absolute Gasteiger partial charge is 0.255 e. The Hall–Kier alpha value is -3.06. The Morgan fingerprint density at radius 3 is 2.31 bits per heavy atom. The fraction of sp³-hybridized carbons (Fsp3) is 0.0909. The van der Waals surface area contributed by atoms with E-state index < -0.39 is 23.6 Å². The molecule has 29 heavy (non-hydrogen) atoms. The van der Waals surface area contributed by atoms with Crippen LogP contribution in [0.4, 0.5) is 14.5 Å². The van der Waals surface area contributed by atoms with E-state index in [1.807, 2.05) is 0 Å². The second-order valence-electron chi connectivity index (χ2n) is 6.67. The number of rotatable bonds is 2. The summed E-state index contributed by atoms with van der Waals surface area (Å²) >= 11 is 3.33. The molecule has 0 aromatic heterocycles. The molecule has 0 spiro atoms. The maximum Gasteiger partial charge on any atom is 0.255 e. The average Bonchev–Trinajstić information content (AvgIpc) is 2.84. The van der Waals surface area contributed by atoms with Gasteiger partial charge in [0.2, 0.25) is 5.91 Å². The van der Waals surface area contributed by atoms with Crippen LogP contribution in [0.25, 0.3) is 0 Å². The van der Waals surface area contributed by atoms with Crippen molar-refractivity contribution >= 4 is 33.4 Å². The molecule has 2 amide bonds. The molecule has 1 atom stereocenters. The molecule has 0 bridgehead atoms. The van der Waals surface area contributed by atoms with Gasteiger partial charge in [0.05, 0.1) is 6.04 Å². The molecule has 0 radical (unpaired) electrons. The second-order valence-corrected chi connectivity index (χ2v) is 7.59. The van der Waals surface area contributed by atoms with Gasteiger partial charge in [-0.25, -0.2) is 8.78 Å². The molecule has 3 aromatic rings. The fourth-order valence-electron chi connectivity index (χ4n) is 3.43. The lowest BCUT2D eigenvalue weighted by Gasteiger charge is -2.30. The molecule has 0 unspecified atom stereocenters. The predicted molar refractivity (Wildman–Crippen MR) is 108 cm³/mol. The molecule has 7 heteroatoms. The molecule has 4 nitrogen and oxygen atoms in total. The Bertz CT molecular complexity index is 1080. The van der Waals surface area contributed by atoms with E-state index in [1.165, 1.54) is 47.4 Å². The third kappa shape index (κ3) is 3.91. The maximum absolute atomic E-state index is 14.1. The van der Waals surface area contributed by atoms with Gasteiger partial charge in [0.1, 0.15) is 18.2 Å². The van der Waals surface area contributed by atoms with Crippen LogP contribution in [-0.2, 0) is 4.79 Å². The van der Waals surface area contributed by atoms with E-state index in [-0.39, 0.29) is 12.5 Å². The summed E-state index contributed by atoms with van der Waals surface area (Å²) in [6.07, 6.45) is 0. The first kappa shape index (κ1) is 19.3. The number of hydrogen-bond donors (Lipinski definition) is 1. The van der Waals surface area contributed by atoms with Crippen molar-refractivity contribution in [3.8, 4) is 0 Å². The van der Waals surface area contributed by atoms with Gasteiger partial charge in [0.25, 0.3) is 5.91 Å². The number of halogens is 3. The Morgan fingerprint density at radius 1 is 0.966 bits per heavy atom. The molecule has 1 aliphatic heterocycles. The zero-order valence-electron chi connectivity index (χ0n) is 15.0. The zero-order valence-corrected chi connectivity index (χ0v) is 16.6. The molecule has 146 valence electrons. The van der Waals surface area contributed by atoms with Crippen LogP contribution in [0.15, 0.2) is 71.2 Å². The fourth-order valence-corrected chi connectivity index (χ4v) is 3.69. The number of anilines is 1. The van der Waals surface area contributed by atoms with Crippen LogP contribution in [0.2, 0.25) is 0 Å². The number of amides is 2. The van der Waals surface area contributed by atoms with Crippen molar-refractivity contribution in [1.82, 2.24) is 4.90 Å². The number of hydrogen-bond acceptors (Lipinski definition) is 2. The van der Waals surface area contributed by atoms with Gasteiger partial charge in [0, 0.05) is 21.3 Å². The van der Waals surface area contributed by atoms with Crippen LogP contribution in [0.3, 0.4) is 0 Å². The number of nitrogens with zero attached hydrogens (tertiary/aromatic N) is 1. The van der Waals surface area contributed by atoms with E-state index in [2.05, 4.69) is 21.2 Å². The summed E-state index contributed by atoms with van der Waals surface area (Å²) < 4.78 is 28.4. The molecule has 1 heterocycles. The molecular weight excluding hydrogens is 442 g/mol. The molecule has 4 rings (SSSR count). The minimum atomic E-state index is -0.767. The number of benzene rings is 3. The van der Waals surface area contributed by atoms with Gasteiger partial charge in [-0.2, -0.15) is 0 Å². The normalized spacial score (nSPS) is 16.0. The Kier molecular flexibility index (Phi) is 5.15. The number of nitrogens with one attached hydrogen (secondary N) is 1. The van der Waals surface area contributed by atoms with Crippen molar-refractivity contribution in [2.45, 2.75) is 6.04 Å². The quantitative estimate of drug-likeness (QED) is 0.595. The molecule has 3 aromatic carbocycles. The summed E-state index contributed by atoms with van der Waals surface area (Å²) in [6.45, 7) is -0.229. The second kappa shape index (κ2) is 7.75. The van der Waals surface area contributed by atoms with Crippen LogP contribution in [0, 0.1) is 11.6 Å². The van der Waals surface area contributed by atoms with Crippen molar-refractivity contribution in [2.75, 3.05) is 11.9 Å². The predicted octanol–water partition coefficient (Wildman–Crippen LogP) is 4.91. The summed E-state index contributed by atoms with van der Waals surface area (Å²) in [5.74, 6) is -1.71. The minimum absolute atomic E-state index is 0.229. The largest absolute Gasteiger partial charge is 0.324 e. The molecule has 1 aliphatic rings. The molecule has 1 N–H and O–H groups in total. The highest BCUT2D eigenvalue weighted by atomic mass is 79.9. The SMILES string of the molecule is O=C1CN(C(=O)c2ccc(Br)cc2)[C@H](c2ccc(F)cc2)c2cc(F)ccc2N1. The lowest BCUT2D eigenvalue weighted by Crippen LogP contribution is -2.39. The highest BCUT2D eigenvalue weighted by Gasteiger charge is 2.34. The Labute approximate surface area is 174 Å². The van der Waals surface area contributed by atoms with Gasteiger partial charge in [-0.1, -0.05) is 28.1 Å². The Morgan fingerprint density at radius 2 is 1.62 bits per heavy atom. The van der Waals surface area contributed by atoms with Gasteiger partial charge < -0.3 is 10.2 Å². The molecule has 0 saturated heterocycles. The van der Waals surface area contributed by atoms with E-state index in [4.69, 9.17) is 0 Å². The van der Waals surface area contributed by atoms with E-state index >= 15 is 0 Å². The standard InChI is InChI=1S/C22H15BrF2N2O2/c23-15-5-1-14(2-6-15)22(29)27-12-20(28)26-19-10-9-17(25)11-18(19)21(27)13-3-7-16(24)8-4-13/h1-11,21H,12H2,(H,26,28)/t21-/m1/s1. The first-order chi connectivity index (χ1) is 13.9. The highest BCUT2D eigenvalue weighted by Crippen LogP contribution is 2.37. The summed E-state index contributed by atoms with van der Waals surface area (Å²) in [7, 11) is 0. The monoisotopic (exact) mass is 456 g/mol. The topological polar surface area (TPSA) is 49.4 Å². The summed E-state index contributed by atoms with van der Waals surface area (Å²) in [4.78, 5) is 27.2. The van der Waals surface area contributed by atoms with Crippen LogP contribution in [0.5, 0.6) is 0 Å². The van der Waals surface area contributed by atoms with Crippen molar-refractivity contribution in [3.05, 3.63) is 99.5 Å². The van der Waals surface area contributed by atoms with Gasteiger partial charge in [-0.15, -0.1) is 0 Å². The zero-order chi connectivity index (χ0) is 20.5. The van der Waals surface area contributed by atoms with Crippen molar-refractivity contribution in [1.29, 1.82) is 0 Å². The van der Waals surface area contributed by atoms with Crippen molar-refractivity contribution < 1.29 is 18.4 Å². The maximum atomic E-state index is 14.1. The lowest BCUT2D eigenvalue weighted by atomic mass is 9.95. The van der Waals surface area contributed by atoms with Crippen molar-refractivity contribution in [2.24, 2.45) is 0 Å². The third-order valence-corrected chi connectivity index (χ3v) is 5.27. The summed E-state index contributed by atoms with van der Waals surface area (Å²) in [5, 5.41) is 2.73. The van der Waals surface area contributed by atoms with Crippen LogP contribution < -0.4 is 5.32 Å². The van der Waals surface area contributed by atoms with Crippen LogP contribution in [0.1, 0.15) is 27.5 Å².